The third-order valence-electron chi connectivity index (χ3n) is 2.53. The van der Waals surface area contributed by atoms with Crippen molar-refractivity contribution in [3.8, 4) is 0 Å². The van der Waals surface area contributed by atoms with E-state index in [1.165, 1.54) is 5.39 Å². The number of fused-ring (bicyclic) bond motifs is 1. The summed E-state index contributed by atoms with van der Waals surface area (Å²) in [6.07, 6.45) is 1.67. The van der Waals surface area contributed by atoms with Crippen LogP contribution in [0.2, 0.25) is 0 Å². The van der Waals surface area contributed by atoms with Gasteiger partial charge in [0.2, 0.25) is 0 Å². The van der Waals surface area contributed by atoms with Crippen LogP contribution in [0.3, 0.4) is 0 Å². The number of nitrogens with zero attached hydrogens (tertiary/aromatic N) is 1. The fraction of sp³-hybridized carbons (Fsp3) is 0.333. The molecule has 1 aromatic carbocycles. The normalized spacial score (nSPS) is 13.3. The summed E-state index contributed by atoms with van der Waals surface area (Å²) in [4.78, 5) is 0. The van der Waals surface area contributed by atoms with Crippen LogP contribution in [0.4, 0.5) is 0 Å². The summed E-state index contributed by atoms with van der Waals surface area (Å²) in [6, 6.07) is 8.23. The summed E-state index contributed by atoms with van der Waals surface area (Å²) in [5, 5.41) is 10.5. The number of aromatic nitrogens is 1. The molecule has 0 bridgehead atoms. The number of aliphatic hydroxyl groups excluding tert-OH is 1. The van der Waals surface area contributed by atoms with E-state index in [1.54, 1.807) is 6.92 Å². The lowest BCUT2D eigenvalue weighted by molar-refractivity contribution is 0.175. The summed E-state index contributed by atoms with van der Waals surface area (Å²) in [5.74, 6) is 0. The van der Waals surface area contributed by atoms with Crippen molar-refractivity contribution in [1.29, 1.82) is 0 Å². The Kier molecular flexibility index (Phi) is 2.75. The number of benzene rings is 1. The lowest BCUT2D eigenvalue weighted by Gasteiger charge is -2.07. The lowest BCUT2D eigenvalue weighted by Crippen LogP contribution is -2.10. The zero-order valence-electron chi connectivity index (χ0n) is 8.85. The van der Waals surface area contributed by atoms with Gasteiger partial charge in [0, 0.05) is 24.8 Å². The molecule has 1 unspecified atom stereocenters. The van der Waals surface area contributed by atoms with Crippen molar-refractivity contribution in [3.05, 3.63) is 36.0 Å². The van der Waals surface area contributed by atoms with Crippen LogP contribution < -0.4 is 5.73 Å². The smallest absolute Gasteiger partial charge is 0.0691 e. The molecule has 0 aliphatic carbocycles. The molecule has 1 atom stereocenters. The molecular formula is C12H16N2O. The minimum atomic E-state index is -0.324. The summed E-state index contributed by atoms with van der Waals surface area (Å²) in [6.45, 7) is 2.99. The molecule has 0 amide bonds. The van der Waals surface area contributed by atoms with Crippen molar-refractivity contribution < 1.29 is 5.11 Å². The van der Waals surface area contributed by atoms with Crippen LogP contribution in [0.15, 0.2) is 30.5 Å². The first-order chi connectivity index (χ1) is 7.20. The topological polar surface area (TPSA) is 51.2 Å². The molecule has 0 fully saturated rings. The van der Waals surface area contributed by atoms with Gasteiger partial charge in [0.1, 0.15) is 0 Å². The molecule has 3 N–H and O–H groups in total. The van der Waals surface area contributed by atoms with Crippen LogP contribution in [-0.2, 0) is 13.1 Å². The van der Waals surface area contributed by atoms with E-state index < -0.39 is 0 Å². The molecule has 0 aliphatic heterocycles. The van der Waals surface area contributed by atoms with Crippen LogP contribution in [0.5, 0.6) is 0 Å². The first kappa shape index (κ1) is 10.2. The van der Waals surface area contributed by atoms with Gasteiger partial charge in [0.05, 0.1) is 6.10 Å². The Bertz CT molecular complexity index is 460. The molecular weight excluding hydrogens is 188 g/mol. The minimum Gasteiger partial charge on any atom is -0.392 e. The zero-order chi connectivity index (χ0) is 10.8. The number of nitrogens with two attached hydrogens (primary N) is 1. The predicted octanol–water partition coefficient (Wildman–Crippen LogP) is 1.48. The number of rotatable bonds is 3. The van der Waals surface area contributed by atoms with Crippen LogP contribution in [0.1, 0.15) is 12.5 Å². The highest BCUT2D eigenvalue weighted by atomic mass is 16.3. The first-order valence-corrected chi connectivity index (χ1v) is 5.16. The first-order valence-electron chi connectivity index (χ1n) is 5.16. The molecule has 0 spiro atoms. The Balaban J connectivity index is 2.43. The quantitative estimate of drug-likeness (QED) is 0.795. The highest BCUT2D eigenvalue weighted by Crippen LogP contribution is 2.17. The van der Waals surface area contributed by atoms with Gasteiger partial charge >= 0.3 is 0 Å². The number of hydrogen-bond acceptors (Lipinski definition) is 2. The van der Waals surface area contributed by atoms with Gasteiger partial charge in [-0.15, -0.1) is 0 Å². The minimum absolute atomic E-state index is 0.324. The van der Waals surface area contributed by atoms with E-state index in [4.69, 9.17) is 5.73 Å². The zero-order valence-corrected chi connectivity index (χ0v) is 8.85. The van der Waals surface area contributed by atoms with Crippen LogP contribution in [0, 0.1) is 0 Å². The Labute approximate surface area is 89.1 Å². The second kappa shape index (κ2) is 4.04. The van der Waals surface area contributed by atoms with Gasteiger partial charge in [-0.05, 0) is 36.1 Å². The molecule has 0 aliphatic rings. The molecule has 80 valence electrons. The molecule has 3 heteroatoms. The largest absolute Gasteiger partial charge is 0.392 e. The average molecular weight is 204 g/mol. The van der Waals surface area contributed by atoms with Gasteiger partial charge in [-0.1, -0.05) is 6.07 Å². The van der Waals surface area contributed by atoms with E-state index in [-0.39, 0.29) is 6.10 Å². The maximum atomic E-state index is 9.34. The monoisotopic (exact) mass is 204 g/mol. The summed E-state index contributed by atoms with van der Waals surface area (Å²) in [7, 11) is 0. The Hall–Kier alpha value is -1.32. The van der Waals surface area contributed by atoms with Gasteiger partial charge in [0.15, 0.2) is 0 Å². The Morgan fingerprint density at radius 1 is 1.40 bits per heavy atom. The van der Waals surface area contributed by atoms with E-state index in [0.717, 1.165) is 11.1 Å². The van der Waals surface area contributed by atoms with Crippen molar-refractivity contribution in [2.75, 3.05) is 0 Å². The fourth-order valence-electron chi connectivity index (χ4n) is 1.82. The van der Waals surface area contributed by atoms with Gasteiger partial charge in [0.25, 0.3) is 0 Å². The number of aliphatic hydroxyl groups is 1. The second-order valence-electron chi connectivity index (χ2n) is 3.91. The summed E-state index contributed by atoms with van der Waals surface area (Å²) >= 11 is 0. The van der Waals surface area contributed by atoms with Crippen molar-refractivity contribution in [1.82, 2.24) is 4.57 Å². The highest BCUT2D eigenvalue weighted by Gasteiger charge is 2.03. The number of hydrogen-bond donors (Lipinski definition) is 2. The lowest BCUT2D eigenvalue weighted by atomic mass is 10.1. The maximum Gasteiger partial charge on any atom is 0.0691 e. The van der Waals surface area contributed by atoms with E-state index in [9.17, 15) is 5.11 Å². The molecule has 2 rings (SSSR count). The second-order valence-corrected chi connectivity index (χ2v) is 3.91. The predicted molar refractivity (Wildman–Crippen MR) is 61.5 cm³/mol. The van der Waals surface area contributed by atoms with E-state index in [0.29, 0.717) is 13.1 Å². The van der Waals surface area contributed by atoms with Gasteiger partial charge in [-0.3, -0.25) is 0 Å². The third kappa shape index (κ3) is 2.03. The average Bonchev–Trinajstić information content (AvgIpc) is 2.60. The van der Waals surface area contributed by atoms with Crippen molar-refractivity contribution >= 4 is 10.9 Å². The van der Waals surface area contributed by atoms with Crippen LogP contribution in [-0.4, -0.2) is 15.8 Å². The van der Waals surface area contributed by atoms with Gasteiger partial charge in [-0.2, -0.15) is 0 Å². The summed E-state index contributed by atoms with van der Waals surface area (Å²) < 4.78 is 2.06. The molecule has 1 aromatic heterocycles. The molecule has 1 heterocycles. The van der Waals surface area contributed by atoms with E-state index >= 15 is 0 Å². The third-order valence-corrected chi connectivity index (χ3v) is 2.53. The standard InChI is InChI=1S/C12H16N2O/c1-9(15)8-14-5-4-11-6-10(7-13)2-3-12(11)14/h2-6,9,15H,7-8,13H2,1H3. The van der Waals surface area contributed by atoms with Crippen LogP contribution >= 0.6 is 0 Å². The van der Waals surface area contributed by atoms with E-state index in [1.807, 2.05) is 12.3 Å². The molecule has 0 saturated carbocycles. The highest BCUT2D eigenvalue weighted by molar-refractivity contribution is 5.80. The van der Waals surface area contributed by atoms with Crippen molar-refractivity contribution in [2.45, 2.75) is 26.1 Å². The molecule has 2 aromatic rings. The van der Waals surface area contributed by atoms with Crippen LogP contribution in [0.25, 0.3) is 10.9 Å². The van der Waals surface area contributed by atoms with Gasteiger partial charge < -0.3 is 15.4 Å². The van der Waals surface area contributed by atoms with E-state index in [2.05, 4.69) is 22.8 Å². The molecule has 0 radical (unpaired) electrons. The molecule has 3 nitrogen and oxygen atoms in total. The SMILES string of the molecule is CC(O)Cn1ccc2cc(CN)ccc21. The van der Waals surface area contributed by atoms with Crippen molar-refractivity contribution in [3.63, 3.8) is 0 Å². The molecule has 15 heavy (non-hydrogen) atoms. The fourth-order valence-corrected chi connectivity index (χ4v) is 1.82. The molecule has 0 saturated heterocycles. The van der Waals surface area contributed by atoms with Gasteiger partial charge in [-0.25, -0.2) is 0 Å². The Morgan fingerprint density at radius 3 is 2.87 bits per heavy atom. The maximum absolute atomic E-state index is 9.34. The van der Waals surface area contributed by atoms with Crippen molar-refractivity contribution in [2.24, 2.45) is 5.73 Å². The Morgan fingerprint density at radius 2 is 2.20 bits per heavy atom. The summed E-state index contributed by atoms with van der Waals surface area (Å²) in [5.41, 5.74) is 7.86.